The van der Waals surface area contributed by atoms with Gasteiger partial charge in [0.2, 0.25) is 11.1 Å². The molecule has 0 bridgehead atoms. The Hall–Kier alpha value is -3.51. The summed E-state index contributed by atoms with van der Waals surface area (Å²) in [6.45, 7) is 0. The number of anilines is 3. The normalized spacial score (nSPS) is 12.7. The van der Waals surface area contributed by atoms with Crippen LogP contribution in [0, 0.1) is 11.8 Å². The molecule has 8 nitrogen and oxygen atoms in total. The Bertz CT molecular complexity index is 1030. The molecular formula is C18H15N7OS. The van der Waals surface area contributed by atoms with Crippen LogP contribution in [-0.2, 0) is 0 Å². The van der Waals surface area contributed by atoms with Crippen LogP contribution in [0.15, 0.2) is 36.7 Å². The Morgan fingerprint density at radius 3 is 2.67 bits per heavy atom. The topological polar surface area (TPSA) is 119 Å². The maximum absolute atomic E-state index is 12.2. The number of nitrogen functional groups attached to an aromatic ring is 1. The highest BCUT2D eigenvalue weighted by molar-refractivity contribution is 7.15. The van der Waals surface area contributed by atoms with Crippen molar-refractivity contribution in [2.75, 3.05) is 16.4 Å². The van der Waals surface area contributed by atoms with Crippen molar-refractivity contribution in [1.82, 2.24) is 20.2 Å². The molecule has 2 heterocycles. The Morgan fingerprint density at radius 2 is 1.89 bits per heavy atom. The Kier molecular flexibility index (Phi) is 4.63. The van der Waals surface area contributed by atoms with E-state index in [9.17, 15) is 4.79 Å². The van der Waals surface area contributed by atoms with E-state index in [1.165, 1.54) is 11.3 Å². The van der Waals surface area contributed by atoms with Crippen LogP contribution in [0.4, 0.5) is 21.6 Å². The summed E-state index contributed by atoms with van der Waals surface area (Å²) < 4.78 is 0. The summed E-state index contributed by atoms with van der Waals surface area (Å²) in [6.07, 6.45) is 5.42. The monoisotopic (exact) mass is 377 g/mol. The first-order valence-corrected chi connectivity index (χ1v) is 9.08. The van der Waals surface area contributed by atoms with Crippen LogP contribution < -0.4 is 16.4 Å². The molecule has 0 aliphatic heterocycles. The highest BCUT2D eigenvalue weighted by Gasteiger charge is 2.27. The number of amides is 2. The van der Waals surface area contributed by atoms with Gasteiger partial charge in [-0.3, -0.25) is 5.32 Å². The number of urea groups is 1. The lowest BCUT2D eigenvalue weighted by molar-refractivity contribution is 0.262. The molecule has 1 aliphatic carbocycles. The molecule has 0 atom stereocenters. The van der Waals surface area contributed by atoms with Crippen molar-refractivity contribution < 1.29 is 4.79 Å². The van der Waals surface area contributed by atoms with Crippen molar-refractivity contribution in [2.45, 2.75) is 18.8 Å². The molecule has 4 N–H and O–H groups in total. The molecule has 9 heteroatoms. The third-order valence-electron chi connectivity index (χ3n) is 3.73. The molecule has 0 radical (unpaired) electrons. The van der Waals surface area contributed by atoms with Gasteiger partial charge in [-0.2, -0.15) is 0 Å². The minimum atomic E-state index is -0.370. The molecule has 2 aromatic heterocycles. The molecule has 0 spiro atoms. The quantitative estimate of drug-likeness (QED) is 0.604. The van der Waals surface area contributed by atoms with Crippen molar-refractivity contribution in [3.8, 4) is 11.8 Å². The molecule has 1 fully saturated rings. The van der Waals surface area contributed by atoms with Gasteiger partial charge in [-0.15, -0.1) is 10.2 Å². The fourth-order valence-electron chi connectivity index (χ4n) is 2.26. The minimum Gasteiger partial charge on any atom is -0.368 e. The van der Waals surface area contributed by atoms with Gasteiger partial charge >= 0.3 is 6.03 Å². The zero-order valence-corrected chi connectivity index (χ0v) is 15.0. The predicted octanol–water partition coefficient (Wildman–Crippen LogP) is 2.83. The van der Waals surface area contributed by atoms with Crippen molar-refractivity contribution in [2.24, 2.45) is 0 Å². The predicted molar refractivity (Wildman–Crippen MR) is 103 cm³/mol. The summed E-state index contributed by atoms with van der Waals surface area (Å²) in [6, 6.07) is 6.86. The number of nitrogens with zero attached hydrogens (tertiary/aromatic N) is 4. The summed E-state index contributed by atoms with van der Waals surface area (Å²) >= 11 is 1.41. The summed E-state index contributed by atoms with van der Waals surface area (Å²) in [4.78, 5) is 19.9. The van der Waals surface area contributed by atoms with Crippen molar-refractivity contribution in [3.05, 3.63) is 52.8 Å². The van der Waals surface area contributed by atoms with E-state index < -0.39 is 0 Å². The van der Waals surface area contributed by atoms with Crippen LogP contribution in [0.5, 0.6) is 0 Å². The maximum atomic E-state index is 12.2. The number of rotatable bonds is 3. The van der Waals surface area contributed by atoms with Gasteiger partial charge in [-0.1, -0.05) is 29.2 Å². The third kappa shape index (κ3) is 4.56. The van der Waals surface area contributed by atoms with Crippen LogP contribution in [-0.4, -0.2) is 26.2 Å². The first kappa shape index (κ1) is 16.9. The number of nitrogens with two attached hydrogens (primary N) is 1. The molecule has 1 saturated carbocycles. The molecule has 1 aromatic carbocycles. The number of aromatic nitrogens is 4. The van der Waals surface area contributed by atoms with Crippen LogP contribution >= 0.6 is 11.3 Å². The van der Waals surface area contributed by atoms with E-state index >= 15 is 0 Å². The second kappa shape index (κ2) is 7.39. The lowest BCUT2D eigenvalue weighted by atomic mass is 10.2. The number of benzene rings is 1. The van der Waals surface area contributed by atoms with Crippen LogP contribution in [0.2, 0.25) is 0 Å². The first-order chi connectivity index (χ1) is 13.2. The van der Waals surface area contributed by atoms with E-state index in [4.69, 9.17) is 5.73 Å². The van der Waals surface area contributed by atoms with E-state index in [1.807, 2.05) is 12.1 Å². The van der Waals surface area contributed by atoms with Crippen molar-refractivity contribution >= 4 is 34.1 Å². The fourth-order valence-corrected chi connectivity index (χ4v) is 3.17. The molecule has 134 valence electrons. The Labute approximate surface area is 159 Å². The highest BCUT2D eigenvalue weighted by Crippen LogP contribution is 2.42. The zero-order chi connectivity index (χ0) is 18.6. The smallest absolute Gasteiger partial charge is 0.325 e. The van der Waals surface area contributed by atoms with E-state index in [1.54, 1.807) is 24.5 Å². The van der Waals surface area contributed by atoms with Gasteiger partial charge in [0.1, 0.15) is 5.01 Å². The first-order valence-electron chi connectivity index (χ1n) is 8.27. The third-order valence-corrected chi connectivity index (χ3v) is 4.73. The lowest BCUT2D eigenvalue weighted by Gasteiger charge is -2.05. The minimum absolute atomic E-state index is 0.206. The van der Waals surface area contributed by atoms with Gasteiger partial charge in [0.05, 0.1) is 5.56 Å². The van der Waals surface area contributed by atoms with E-state index in [2.05, 4.69) is 42.6 Å². The van der Waals surface area contributed by atoms with E-state index in [0.29, 0.717) is 22.3 Å². The number of nitrogens with one attached hydrogen (secondary N) is 2. The second-order valence-corrected chi connectivity index (χ2v) is 6.97. The molecule has 4 rings (SSSR count). The maximum Gasteiger partial charge on any atom is 0.325 e. The zero-order valence-electron chi connectivity index (χ0n) is 14.1. The summed E-state index contributed by atoms with van der Waals surface area (Å²) in [5.41, 5.74) is 7.48. The van der Waals surface area contributed by atoms with Gasteiger partial charge in [-0.25, -0.2) is 14.8 Å². The molecule has 3 aromatic rings. The van der Waals surface area contributed by atoms with Gasteiger partial charge in [0, 0.05) is 29.6 Å². The second-order valence-electron chi connectivity index (χ2n) is 5.96. The summed E-state index contributed by atoms with van der Waals surface area (Å²) in [5.74, 6) is 6.68. The average Bonchev–Trinajstić information content (AvgIpc) is 3.41. The Balaban J connectivity index is 1.39. The molecule has 27 heavy (non-hydrogen) atoms. The van der Waals surface area contributed by atoms with E-state index in [-0.39, 0.29) is 12.0 Å². The lowest BCUT2D eigenvalue weighted by Crippen LogP contribution is -2.19. The van der Waals surface area contributed by atoms with Crippen LogP contribution in [0.1, 0.15) is 34.9 Å². The number of carbonyl (C=O) groups is 1. The largest absolute Gasteiger partial charge is 0.368 e. The van der Waals surface area contributed by atoms with E-state index in [0.717, 1.165) is 23.4 Å². The van der Waals surface area contributed by atoms with Crippen molar-refractivity contribution in [3.63, 3.8) is 0 Å². The molecule has 0 unspecified atom stereocenters. The Morgan fingerprint density at radius 1 is 1.11 bits per heavy atom. The summed E-state index contributed by atoms with van der Waals surface area (Å²) in [7, 11) is 0. The van der Waals surface area contributed by atoms with Crippen molar-refractivity contribution in [1.29, 1.82) is 0 Å². The van der Waals surface area contributed by atoms with Gasteiger partial charge < -0.3 is 11.1 Å². The highest BCUT2D eigenvalue weighted by atomic mass is 32.1. The molecule has 0 saturated heterocycles. The molecule has 2 amide bonds. The average molecular weight is 377 g/mol. The fraction of sp³-hybridized carbons (Fsp3) is 0.167. The standard InChI is InChI=1S/C18H15N7OS/c19-16-20-9-12(10-21-16)5-4-11-2-1-3-14(8-11)22-17(26)23-18-25-24-15(27-18)13-6-7-13/h1-3,8-10,13H,6-7H2,(H2,19,20,21)(H2,22,23,25,26). The molecular weight excluding hydrogens is 362 g/mol. The van der Waals surface area contributed by atoms with Crippen LogP contribution in [0.3, 0.4) is 0 Å². The number of carbonyl (C=O) groups excluding carboxylic acids is 1. The molecule has 1 aliphatic rings. The summed E-state index contributed by atoms with van der Waals surface area (Å²) in [5, 5.41) is 15.1. The SMILES string of the molecule is Nc1ncc(C#Cc2cccc(NC(=O)Nc3nnc(C4CC4)s3)c2)cn1. The van der Waals surface area contributed by atoms with Gasteiger partial charge in [0.25, 0.3) is 0 Å². The van der Waals surface area contributed by atoms with Gasteiger partial charge in [-0.05, 0) is 31.0 Å². The van der Waals surface area contributed by atoms with Gasteiger partial charge in [0.15, 0.2) is 0 Å². The van der Waals surface area contributed by atoms with Crippen LogP contribution in [0.25, 0.3) is 0 Å². The number of hydrogen-bond donors (Lipinski definition) is 3. The number of hydrogen-bond acceptors (Lipinski definition) is 7.